The lowest BCUT2D eigenvalue weighted by molar-refractivity contribution is 0.109. The summed E-state index contributed by atoms with van der Waals surface area (Å²) in [5.74, 6) is 0. The second kappa shape index (κ2) is 9.13. The number of ether oxygens (including phenoxy) is 1. The molecule has 0 saturated heterocycles. The average Bonchev–Trinajstić information content (AvgIpc) is 2.23. The van der Waals surface area contributed by atoms with Gasteiger partial charge in [0, 0.05) is 19.7 Å². The van der Waals surface area contributed by atoms with Crippen LogP contribution in [-0.4, -0.2) is 50.8 Å². The van der Waals surface area contributed by atoms with Gasteiger partial charge in [-0.1, -0.05) is 6.92 Å². The van der Waals surface area contributed by atoms with Crippen LogP contribution in [0.2, 0.25) is 0 Å². The molecule has 1 N–H and O–H groups in total. The minimum absolute atomic E-state index is 0.389. The number of rotatable bonds is 9. The van der Waals surface area contributed by atoms with Gasteiger partial charge in [-0.3, -0.25) is 0 Å². The highest BCUT2D eigenvalue weighted by Gasteiger charge is 2.04. The smallest absolute Gasteiger partial charge is 0.0543 e. The van der Waals surface area contributed by atoms with Crippen LogP contribution in [0.1, 0.15) is 33.6 Å². The fraction of sp³-hybridized carbons (Fsp3) is 1.00. The summed E-state index contributed by atoms with van der Waals surface area (Å²) in [6.07, 6.45) is 2.72. The number of nitrogens with zero attached hydrogens (tertiary/aromatic N) is 1. The third-order valence-electron chi connectivity index (χ3n) is 2.81. The second-order valence-electron chi connectivity index (χ2n) is 4.40. The monoisotopic (exact) mass is 216 g/mol. The molecule has 0 fully saturated rings. The average molecular weight is 216 g/mol. The summed E-state index contributed by atoms with van der Waals surface area (Å²) < 4.78 is 5.20. The van der Waals surface area contributed by atoms with E-state index >= 15 is 0 Å². The van der Waals surface area contributed by atoms with Gasteiger partial charge in [0.1, 0.15) is 0 Å². The van der Waals surface area contributed by atoms with Gasteiger partial charge in [-0.25, -0.2) is 0 Å². The van der Waals surface area contributed by atoms with Gasteiger partial charge in [0.15, 0.2) is 0 Å². The maximum atomic E-state index is 5.20. The first-order valence-corrected chi connectivity index (χ1v) is 6.04. The lowest BCUT2D eigenvalue weighted by Gasteiger charge is -2.21. The van der Waals surface area contributed by atoms with Gasteiger partial charge in [0.05, 0.1) is 6.10 Å². The Hall–Kier alpha value is -0.120. The van der Waals surface area contributed by atoms with E-state index in [1.807, 2.05) is 0 Å². The van der Waals surface area contributed by atoms with Crippen LogP contribution in [0.4, 0.5) is 0 Å². The van der Waals surface area contributed by atoms with E-state index in [2.05, 4.69) is 38.0 Å². The first kappa shape index (κ1) is 14.9. The molecule has 0 aliphatic carbocycles. The number of nitrogens with one attached hydrogen (secondary N) is 1. The summed E-state index contributed by atoms with van der Waals surface area (Å²) in [7, 11) is 3.93. The Kier molecular flexibility index (Phi) is 9.06. The van der Waals surface area contributed by atoms with Gasteiger partial charge in [-0.2, -0.15) is 0 Å². The minimum Gasteiger partial charge on any atom is -0.382 e. The topological polar surface area (TPSA) is 24.5 Å². The molecule has 2 atom stereocenters. The Morgan fingerprint density at radius 2 is 2.00 bits per heavy atom. The molecule has 0 rings (SSSR count). The van der Waals surface area contributed by atoms with Crippen molar-refractivity contribution in [3.8, 4) is 0 Å². The molecule has 0 radical (unpaired) electrons. The van der Waals surface area contributed by atoms with Gasteiger partial charge in [-0.15, -0.1) is 0 Å². The van der Waals surface area contributed by atoms with E-state index < -0.39 is 0 Å². The summed E-state index contributed by atoms with van der Waals surface area (Å²) in [6, 6.07) is 0.577. The molecule has 0 aromatic rings. The van der Waals surface area contributed by atoms with Crippen molar-refractivity contribution in [2.24, 2.45) is 0 Å². The number of methoxy groups -OCH3 is 1. The highest BCUT2D eigenvalue weighted by atomic mass is 16.5. The lowest BCUT2D eigenvalue weighted by atomic mass is 10.2. The molecule has 0 aromatic carbocycles. The van der Waals surface area contributed by atoms with E-state index in [9.17, 15) is 0 Å². The molecule has 0 saturated carbocycles. The summed E-state index contributed by atoms with van der Waals surface area (Å²) in [6.45, 7) is 9.88. The van der Waals surface area contributed by atoms with Gasteiger partial charge >= 0.3 is 0 Å². The maximum absolute atomic E-state index is 5.20. The zero-order chi connectivity index (χ0) is 11.7. The highest BCUT2D eigenvalue weighted by molar-refractivity contribution is 4.65. The Labute approximate surface area is 95.2 Å². The van der Waals surface area contributed by atoms with Crippen LogP contribution in [0.5, 0.6) is 0 Å². The van der Waals surface area contributed by atoms with Crippen molar-refractivity contribution in [3.05, 3.63) is 0 Å². The van der Waals surface area contributed by atoms with Crippen LogP contribution in [0.15, 0.2) is 0 Å². The minimum atomic E-state index is 0.389. The molecule has 0 amide bonds. The first-order chi connectivity index (χ1) is 7.10. The van der Waals surface area contributed by atoms with Crippen molar-refractivity contribution in [2.75, 3.05) is 33.8 Å². The standard InChI is InChI=1S/C12H28N2O/c1-6-14(4)10-11(2)13-9-7-8-12(3)15-5/h11-13H,6-10H2,1-5H3. The predicted octanol–water partition coefficient (Wildman–Crippen LogP) is 1.73. The zero-order valence-corrected chi connectivity index (χ0v) is 11.0. The molecule has 15 heavy (non-hydrogen) atoms. The summed E-state index contributed by atoms with van der Waals surface area (Å²) in [4.78, 5) is 2.33. The maximum Gasteiger partial charge on any atom is 0.0543 e. The van der Waals surface area contributed by atoms with E-state index in [1.165, 1.54) is 6.42 Å². The van der Waals surface area contributed by atoms with Crippen LogP contribution in [-0.2, 0) is 4.74 Å². The van der Waals surface area contributed by atoms with E-state index in [1.54, 1.807) is 7.11 Å². The van der Waals surface area contributed by atoms with Crippen LogP contribution in [0, 0.1) is 0 Å². The third-order valence-corrected chi connectivity index (χ3v) is 2.81. The molecule has 0 heterocycles. The Balaban J connectivity index is 3.34. The molecular weight excluding hydrogens is 188 g/mol. The largest absolute Gasteiger partial charge is 0.382 e. The Morgan fingerprint density at radius 1 is 1.33 bits per heavy atom. The van der Waals surface area contributed by atoms with Gasteiger partial charge in [0.2, 0.25) is 0 Å². The predicted molar refractivity (Wildman–Crippen MR) is 66.3 cm³/mol. The normalized spacial score (nSPS) is 15.6. The molecule has 0 bridgehead atoms. The quantitative estimate of drug-likeness (QED) is 0.594. The Bertz CT molecular complexity index is 142. The van der Waals surface area contributed by atoms with Gasteiger partial charge in [0.25, 0.3) is 0 Å². The van der Waals surface area contributed by atoms with Crippen molar-refractivity contribution in [1.82, 2.24) is 10.2 Å². The van der Waals surface area contributed by atoms with Crippen molar-refractivity contribution in [3.63, 3.8) is 0 Å². The highest BCUT2D eigenvalue weighted by Crippen LogP contribution is 1.99. The van der Waals surface area contributed by atoms with Crippen molar-refractivity contribution < 1.29 is 4.74 Å². The summed E-state index contributed by atoms with van der Waals surface area (Å²) >= 11 is 0. The molecule has 0 spiro atoms. The molecule has 0 aliphatic heterocycles. The number of likely N-dealkylation sites (N-methyl/N-ethyl adjacent to an activating group) is 1. The second-order valence-corrected chi connectivity index (χ2v) is 4.40. The molecular formula is C12H28N2O. The van der Waals surface area contributed by atoms with Crippen LogP contribution in [0.25, 0.3) is 0 Å². The van der Waals surface area contributed by atoms with E-state index in [4.69, 9.17) is 4.74 Å². The van der Waals surface area contributed by atoms with E-state index in [0.29, 0.717) is 12.1 Å². The fourth-order valence-corrected chi connectivity index (χ4v) is 1.52. The van der Waals surface area contributed by atoms with Crippen LogP contribution < -0.4 is 5.32 Å². The van der Waals surface area contributed by atoms with Crippen molar-refractivity contribution in [1.29, 1.82) is 0 Å². The Morgan fingerprint density at radius 3 is 2.53 bits per heavy atom. The van der Waals surface area contributed by atoms with Gasteiger partial charge < -0.3 is 15.0 Å². The van der Waals surface area contributed by atoms with Crippen LogP contribution in [0.3, 0.4) is 0 Å². The van der Waals surface area contributed by atoms with Gasteiger partial charge in [-0.05, 0) is 46.8 Å². The summed E-state index contributed by atoms with van der Waals surface area (Å²) in [5, 5.41) is 3.53. The van der Waals surface area contributed by atoms with Crippen molar-refractivity contribution in [2.45, 2.75) is 45.8 Å². The van der Waals surface area contributed by atoms with Crippen LogP contribution >= 0.6 is 0 Å². The SMILES string of the molecule is CCN(C)CC(C)NCCCC(C)OC. The lowest BCUT2D eigenvalue weighted by Crippen LogP contribution is -2.37. The summed E-state index contributed by atoms with van der Waals surface area (Å²) in [5.41, 5.74) is 0. The zero-order valence-electron chi connectivity index (χ0n) is 11.0. The number of hydrogen-bond donors (Lipinski definition) is 1. The van der Waals surface area contributed by atoms with Crippen molar-refractivity contribution >= 4 is 0 Å². The van der Waals surface area contributed by atoms with E-state index in [0.717, 1.165) is 26.1 Å². The first-order valence-electron chi connectivity index (χ1n) is 6.04. The fourth-order valence-electron chi connectivity index (χ4n) is 1.52. The number of hydrogen-bond acceptors (Lipinski definition) is 3. The molecule has 2 unspecified atom stereocenters. The molecule has 3 heteroatoms. The molecule has 92 valence electrons. The molecule has 0 aliphatic rings. The van der Waals surface area contributed by atoms with E-state index in [-0.39, 0.29) is 0 Å². The third kappa shape index (κ3) is 8.85. The molecule has 3 nitrogen and oxygen atoms in total. The molecule has 0 aromatic heterocycles.